The van der Waals surface area contributed by atoms with Crippen molar-refractivity contribution < 1.29 is 9.59 Å². The van der Waals surface area contributed by atoms with Crippen LogP contribution in [0.3, 0.4) is 0 Å². The zero-order valence-corrected chi connectivity index (χ0v) is 18.0. The molecular formula is C25H31N3O2. The maximum Gasteiger partial charge on any atom is 0.238 e. The third-order valence-corrected chi connectivity index (χ3v) is 6.19. The molecule has 0 radical (unpaired) electrons. The molecule has 2 aliphatic heterocycles. The summed E-state index contributed by atoms with van der Waals surface area (Å²) in [6.45, 7) is 6.82. The summed E-state index contributed by atoms with van der Waals surface area (Å²) in [6, 6.07) is 14.3. The van der Waals surface area contributed by atoms with Crippen LogP contribution in [0.1, 0.15) is 36.0 Å². The number of aryl methyl sites for hydroxylation is 3. The summed E-state index contributed by atoms with van der Waals surface area (Å²) in [4.78, 5) is 29.8. The van der Waals surface area contributed by atoms with Crippen molar-refractivity contribution >= 4 is 23.2 Å². The van der Waals surface area contributed by atoms with Gasteiger partial charge in [-0.3, -0.25) is 14.5 Å². The van der Waals surface area contributed by atoms with Crippen LogP contribution >= 0.6 is 0 Å². The number of hydrogen-bond acceptors (Lipinski definition) is 3. The largest absolute Gasteiger partial charge is 0.325 e. The van der Waals surface area contributed by atoms with Gasteiger partial charge in [-0.25, -0.2) is 0 Å². The number of anilines is 2. The van der Waals surface area contributed by atoms with Gasteiger partial charge in [0.2, 0.25) is 11.8 Å². The van der Waals surface area contributed by atoms with Gasteiger partial charge in [0.05, 0.1) is 6.54 Å². The Labute approximate surface area is 179 Å². The number of fused-ring (bicyclic) bond motifs is 1. The van der Waals surface area contributed by atoms with Crippen molar-refractivity contribution in [2.75, 3.05) is 36.4 Å². The summed E-state index contributed by atoms with van der Waals surface area (Å²) >= 11 is 0. The Kier molecular flexibility index (Phi) is 6.18. The van der Waals surface area contributed by atoms with Crippen molar-refractivity contribution in [1.29, 1.82) is 0 Å². The molecule has 2 aromatic carbocycles. The maximum atomic E-state index is 13.2. The van der Waals surface area contributed by atoms with Crippen LogP contribution in [-0.2, 0) is 16.0 Å². The van der Waals surface area contributed by atoms with Crippen molar-refractivity contribution in [2.24, 2.45) is 5.92 Å². The van der Waals surface area contributed by atoms with Gasteiger partial charge in [-0.2, -0.15) is 0 Å². The first-order valence-electron chi connectivity index (χ1n) is 11.0. The third-order valence-electron chi connectivity index (χ3n) is 6.19. The first-order valence-corrected chi connectivity index (χ1v) is 11.0. The Hall–Kier alpha value is -2.66. The van der Waals surface area contributed by atoms with E-state index in [1.54, 1.807) is 0 Å². The molecule has 5 heteroatoms. The van der Waals surface area contributed by atoms with Crippen LogP contribution in [0.2, 0.25) is 0 Å². The van der Waals surface area contributed by atoms with Crippen LogP contribution < -0.4 is 10.2 Å². The fraction of sp³-hybridized carbons (Fsp3) is 0.440. The Morgan fingerprint density at radius 3 is 2.43 bits per heavy atom. The number of carbonyl (C=O) groups excluding carboxylic acids is 2. The van der Waals surface area contributed by atoms with E-state index in [-0.39, 0.29) is 17.7 Å². The standard InChI is InChI=1S/C25H31N3O2/c1-18-14-19(2)16-22(15-18)26-24(29)17-27-12-9-21(10-13-27)25(30)28-11-5-7-20-6-3-4-8-23(20)28/h3-4,6,8,14-16,21H,5,7,9-13,17H2,1-2H3,(H,26,29). The van der Waals surface area contributed by atoms with Gasteiger partial charge in [0.1, 0.15) is 0 Å². The summed E-state index contributed by atoms with van der Waals surface area (Å²) < 4.78 is 0. The molecule has 4 rings (SSSR count). The molecule has 2 aliphatic rings. The molecule has 0 saturated carbocycles. The summed E-state index contributed by atoms with van der Waals surface area (Å²) in [5.41, 5.74) is 5.50. The fourth-order valence-corrected chi connectivity index (χ4v) is 4.77. The summed E-state index contributed by atoms with van der Waals surface area (Å²) in [6.07, 6.45) is 3.71. The minimum atomic E-state index is 0.00901. The van der Waals surface area contributed by atoms with Gasteiger partial charge >= 0.3 is 0 Å². The van der Waals surface area contributed by atoms with Crippen LogP contribution in [0.5, 0.6) is 0 Å². The molecule has 158 valence electrons. The Morgan fingerprint density at radius 1 is 1.00 bits per heavy atom. The number of amides is 2. The monoisotopic (exact) mass is 405 g/mol. The molecule has 2 aromatic rings. The van der Waals surface area contributed by atoms with Crippen molar-refractivity contribution in [3.63, 3.8) is 0 Å². The van der Waals surface area contributed by atoms with Gasteiger partial charge in [0, 0.05) is 23.8 Å². The normalized spacial score (nSPS) is 17.5. The lowest BCUT2D eigenvalue weighted by Crippen LogP contribution is -2.45. The third kappa shape index (κ3) is 4.73. The average molecular weight is 406 g/mol. The number of nitrogens with zero attached hydrogens (tertiary/aromatic N) is 2. The second-order valence-corrected chi connectivity index (χ2v) is 8.70. The Morgan fingerprint density at radius 2 is 1.70 bits per heavy atom. The zero-order chi connectivity index (χ0) is 21.1. The van der Waals surface area contributed by atoms with Crippen molar-refractivity contribution in [3.05, 3.63) is 59.2 Å². The molecule has 0 unspecified atom stereocenters. The van der Waals surface area contributed by atoms with E-state index in [1.807, 2.05) is 36.9 Å². The van der Waals surface area contributed by atoms with E-state index in [9.17, 15) is 9.59 Å². The highest BCUT2D eigenvalue weighted by Gasteiger charge is 2.31. The molecule has 0 aliphatic carbocycles. The lowest BCUT2D eigenvalue weighted by molar-refractivity contribution is -0.124. The highest BCUT2D eigenvalue weighted by Crippen LogP contribution is 2.30. The topological polar surface area (TPSA) is 52.7 Å². The molecule has 1 fully saturated rings. The van der Waals surface area contributed by atoms with E-state index in [1.165, 1.54) is 5.56 Å². The van der Waals surface area contributed by atoms with E-state index < -0.39 is 0 Å². The number of hydrogen-bond donors (Lipinski definition) is 1. The number of likely N-dealkylation sites (tertiary alicyclic amines) is 1. The lowest BCUT2D eigenvalue weighted by atomic mass is 9.93. The predicted molar refractivity (Wildman–Crippen MR) is 121 cm³/mol. The average Bonchev–Trinajstić information content (AvgIpc) is 2.72. The summed E-state index contributed by atoms with van der Waals surface area (Å²) in [5.74, 6) is 0.311. The molecule has 1 N–H and O–H groups in total. The van der Waals surface area contributed by atoms with Crippen molar-refractivity contribution in [1.82, 2.24) is 4.90 Å². The number of rotatable bonds is 4. The summed E-state index contributed by atoms with van der Waals surface area (Å²) in [5, 5.41) is 3.01. The highest BCUT2D eigenvalue weighted by atomic mass is 16.2. The predicted octanol–water partition coefficient (Wildman–Crippen LogP) is 3.93. The zero-order valence-electron chi connectivity index (χ0n) is 18.0. The van der Waals surface area contributed by atoms with Crippen molar-refractivity contribution in [3.8, 4) is 0 Å². The highest BCUT2D eigenvalue weighted by molar-refractivity contribution is 5.96. The number of piperidine rings is 1. The molecule has 2 amide bonds. The Balaban J connectivity index is 1.30. The number of carbonyl (C=O) groups is 2. The molecule has 1 saturated heterocycles. The lowest BCUT2D eigenvalue weighted by Gasteiger charge is -2.36. The first-order chi connectivity index (χ1) is 14.5. The molecular weight excluding hydrogens is 374 g/mol. The smallest absolute Gasteiger partial charge is 0.238 e. The van der Waals surface area contributed by atoms with Crippen molar-refractivity contribution in [2.45, 2.75) is 39.5 Å². The number of para-hydroxylation sites is 1. The van der Waals surface area contributed by atoms with Crippen LogP contribution in [0.4, 0.5) is 11.4 Å². The van der Waals surface area contributed by atoms with Gasteiger partial charge < -0.3 is 10.2 Å². The minimum absolute atomic E-state index is 0.00901. The van der Waals surface area contributed by atoms with E-state index in [0.29, 0.717) is 6.54 Å². The van der Waals surface area contributed by atoms with Gasteiger partial charge in [-0.05, 0) is 87.5 Å². The van der Waals surface area contributed by atoms with E-state index in [0.717, 1.165) is 67.8 Å². The molecule has 0 aromatic heterocycles. The van der Waals surface area contributed by atoms with Gasteiger partial charge in [-0.15, -0.1) is 0 Å². The van der Waals surface area contributed by atoms with Gasteiger partial charge in [0.25, 0.3) is 0 Å². The first kappa shape index (κ1) is 20.6. The van der Waals surface area contributed by atoms with E-state index in [2.05, 4.69) is 34.5 Å². The SMILES string of the molecule is Cc1cc(C)cc(NC(=O)CN2CCC(C(=O)N3CCCc4ccccc43)CC2)c1. The quantitative estimate of drug-likeness (QED) is 0.838. The van der Waals surface area contributed by atoms with Gasteiger partial charge in [-0.1, -0.05) is 24.3 Å². The maximum absolute atomic E-state index is 13.2. The van der Waals surface area contributed by atoms with Crippen LogP contribution in [0, 0.1) is 19.8 Å². The van der Waals surface area contributed by atoms with Crippen LogP contribution in [0.15, 0.2) is 42.5 Å². The molecule has 30 heavy (non-hydrogen) atoms. The molecule has 2 heterocycles. The second kappa shape index (κ2) is 9.00. The van der Waals surface area contributed by atoms with E-state index >= 15 is 0 Å². The molecule has 5 nitrogen and oxygen atoms in total. The summed E-state index contributed by atoms with van der Waals surface area (Å²) in [7, 11) is 0. The molecule has 0 bridgehead atoms. The number of benzene rings is 2. The number of nitrogens with one attached hydrogen (secondary N) is 1. The van der Waals surface area contributed by atoms with Crippen LogP contribution in [0.25, 0.3) is 0 Å². The fourth-order valence-electron chi connectivity index (χ4n) is 4.77. The molecule has 0 spiro atoms. The van der Waals surface area contributed by atoms with Gasteiger partial charge in [0.15, 0.2) is 0 Å². The second-order valence-electron chi connectivity index (χ2n) is 8.70. The molecule has 0 atom stereocenters. The minimum Gasteiger partial charge on any atom is -0.325 e. The van der Waals surface area contributed by atoms with E-state index in [4.69, 9.17) is 0 Å². The van der Waals surface area contributed by atoms with Crippen LogP contribution in [-0.4, -0.2) is 42.9 Å². The Bertz CT molecular complexity index is 911.